The van der Waals surface area contributed by atoms with Crippen molar-refractivity contribution < 1.29 is 8.42 Å². The Morgan fingerprint density at radius 2 is 1.82 bits per heavy atom. The van der Waals surface area contributed by atoms with Gasteiger partial charge in [-0.3, -0.25) is 0 Å². The molecule has 1 aromatic rings. The fourth-order valence-electron chi connectivity index (χ4n) is 1.59. The molecular weight excluding hydrogens is 347 g/mol. The molecule has 0 bridgehead atoms. The van der Waals surface area contributed by atoms with E-state index in [9.17, 15) is 8.42 Å². The van der Waals surface area contributed by atoms with E-state index in [0.29, 0.717) is 4.90 Å². The van der Waals surface area contributed by atoms with Gasteiger partial charge < -0.3 is 0 Å². The first-order valence-corrected chi connectivity index (χ1v) is 8.79. The average molecular weight is 366 g/mol. The van der Waals surface area contributed by atoms with Crippen LogP contribution in [0.3, 0.4) is 0 Å². The van der Waals surface area contributed by atoms with Gasteiger partial charge in [0.05, 0.1) is 10.6 Å². The Balaban J connectivity index is 2.71. The Morgan fingerprint density at radius 3 is 2.35 bits per heavy atom. The summed E-state index contributed by atoms with van der Waals surface area (Å²) in [5, 5.41) is 0. The highest BCUT2D eigenvalue weighted by Crippen LogP contribution is 2.19. The highest BCUT2D eigenvalue weighted by Gasteiger charge is 2.18. The van der Waals surface area contributed by atoms with Gasteiger partial charge in [0.2, 0.25) is 0 Å². The van der Waals surface area contributed by atoms with Crippen LogP contribution < -0.4 is 0 Å². The van der Waals surface area contributed by atoms with Gasteiger partial charge in [0.25, 0.3) is 0 Å². The lowest BCUT2D eigenvalue weighted by atomic mass is 10.2. The zero-order valence-electron chi connectivity index (χ0n) is 10.3. The van der Waals surface area contributed by atoms with Crippen LogP contribution in [0.15, 0.2) is 29.2 Å². The molecule has 0 spiro atoms. The molecule has 0 N–H and O–H groups in total. The smallest absolute Gasteiger partial charge is 0.179 e. The number of unbranched alkanes of at least 4 members (excludes halogenated alkanes) is 1. The van der Waals surface area contributed by atoms with Crippen LogP contribution in [-0.4, -0.2) is 18.1 Å². The summed E-state index contributed by atoms with van der Waals surface area (Å²) in [5.74, 6) is 0.247. The van der Waals surface area contributed by atoms with Gasteiger partial charge in [-0.2, -0.15) is 0 Å². The van der Waals surface area contributed by atoms with Crippen molar-refractivity contribution in [1.82, 2.24) is 0 Å². The number of hydrogen-bond acceptors (Lipinski definition) is 2. The van der Waals surface area contributed by atoms with Crippen molar-refractivity contribution in [3.05, 3.63) is 29.8 Å². The number of rotatable bonds is 6. The van der Waals surface area contributed by atoms with Crippen molar-refractivity contribution in [3.63, 3.8) is 0 Å². The average Bonchev–Trinajstić information content (AvgIpc) is 2.26. The SMILES string of the molecule is CCCCC(I)CS(=O)(=O)c1ccc(C)cc1. The minimum absolute atomic E-state index is 0.207. The van der Waals surface area contributed by atoms with Crippen LogP contribution >= 0.6 is 22.6 Å². The largest absolute Gasteiger partial charge is 0.224 e. The molecule has 4 heteroatoms. The zero-order valence-corrected chi connectivity index (χ0v) is 13.3. The molecule has 0 heterocycles. The number of sulfone groups is 1. The van der Waals surface area contributed by atoms with Crippen LogP contribution in [0.2, 0.25) is 0 Å². The molecule has 0 amide bonds. The normalized spacial score (nSPS) is 13.6. The molecule has 1 unspecified atom stereocenters. The Bertz CT molecular complexity index is 437. The third-order valence-electron chi connectivity index (χ3n) is 2.65. The third-order valence-corrected chi connectivity index (χ3v) is 6.14. The first-order chi connectivity index (χ1) is 7.95. The number of halogens is 1. The Morgan fingerprint density at radius 1 is 1.24 bits per heavy atom. The molecule has 17 heavy (non-hydrogen) atoms. The van der Waals surface area contributed by atoms with Gasteiger partial charge in [0.1, 0.15) is 0 Å². The second kappa shape index (κ2) is 6.73. The Labute approximate surface area is 118 Å². The molecule has 0 aromatic heterocycles. The van der Waals surface area contributed by atoms with Crippen molar-refractivity contribution in [1.29, 1.82) is 0 Å². The summed E-state index contributed by atoms with van der Waals surface area (Å²) < 4.78 is 24.4. The molecule has 96 valence electrons. The maximum Gasteiger partial charge on any atom is 0.179 e. The molecule has 0 saturated carbocycles. The predicted octanol–water partition coefficient (Wildman–Crippen LogP) is 3.76. The summed E-state index contributed by atoms with van der Waals surface area (Å²) in [6, 6.07) is 7.10. The standard InChI is InChI=1S/C13H19IO2S/c1-3-4-5-12(14)10-17(15,16)13-8-6-11(2)7-9-13/h6-9,12H,3-5,10H2,1-2H3. The quantitative estimate of drug-likeness (QED) is 0.568. The van der Waals surface area contributed by atoms with Gasteiger partial charge in [0, 0.05) is 3.92 Å². The number of aryl methyl sites for hydroxylation is 1. The highest BCUT2D eigenvalue weighted by molar-refractivity contribution is 14.1. The molecule has 0 saturated heterocycles. The first-order valence-electron chi connectivity index (χ1n) is 5.89. The molecule has 0 fully saturated rings. The summed E-state index contributed by atoms with van der Waals surface area (Å²) in [6.07, 6.45) is 3.18. The van der Waals surface area contributed by atoms with Gasteiger partial charge in [0.15, 0.2) is 9.84 Å². The van der Waals surface area contributed by atoms with Crippen molar-refractivity contribution >= 4 is 32.4 Å². The molecule has 1 aromatic carbocycles. The lowest BCUT2D eigenvalue weighted by Gasteiger charge is -2.10. The Hall–Kier alpha value is -0.1000. The molecular formula is C13H19IO2S. The van der Waals surface area contributed by atoms with E-state index in [1.807, 2.05) is 19.1 Å². The second-order valence-corrected chi connectivity index (χ2v) is 8.13. The molecule has 0 aliphatic carbocycles. The van der Waals surface area contributed by atoms with Crippen LogP contribution in [-0.2, 0) is 9.84 Å². The molecule has 0 radical (unpaired) electrons. The minimum atomic E-state index is -3.11. The lowest BCUT2D eigenvalue weighted by Crippen LogP contribution is -2.16. The van der Waals surface area contributed by atoms with Crippen LogP contribution in [0, 0.1) is 6.92 Å². The maximum absolute atomic E-state index is 12.1. The van der Waals surface area contributed by atoms with Crippen LogP contribution in [0.4, 0.5) is 0 Å². The van der Waals surface area contributed by atoms with E-state index >= 15 is 0 Å². The fourth-order valence-corrected chi connectivity index (χ4v) is 4.84. The van der Waals surface area contributed by atoms with E-state index in [-0.39, 0.29) is 9.68 Å². The second-order valence-electron chi connectivity index (χ2n) is 4.33. The molecule has 0 aliphatic heterocycles. The molecule has 2 nitrogen and oxygen atoms in total. The van der Waals surface area contributed by atoms with Gasteiger partial charge >= 0.3 is 0 Å². The summed E-state index contributed by atoms with van der Waals surface area (Å²) in [4.78, 5) is 0.446. The van der Waals surface area contributed by atoms with Gasteiger partial charge in [-0.25, -0.2) is 8.42 Å². The van der Waals surface area contributed by atoms with E-state index in [4.69, 9.17) is 0 Å². The van der Waals surface area contributed by atoms with Crippen LogP contribution in [0.1, 0.15) is 31.7 Å². The van der Waals surface area contributed by atoms with E-state index in [1.165, 1.54) is 0 Å². The molecule has 1 rings (SSSR count). The summed E-state index contributed by atoms with van der Waals surface area (Å²) in [6.45, 7) is 4.08. The van der Waals surface area contributed by atoms with Crippen LogP contribution in [0.25, 0.3) is 0 Å². The third kappa shape index (κ3) is 4.95. The van der Waals surface area contributed by atoms with E-state index in [2.05, 4.69) is 29.5 Å². The van der Waals surface area contributed by atoms with E-state index in [1.54, 1.807) is 12.1 Å². The lowest BCUT2D eigenvalue weighted by molar-refractivity contribution is 0.592. The topological polar surface area (TPSA) is 34.1 Å². The highest BCUT2D eigenvalue weighted by atomic mass is 127. The summed E-state index contributed by atoms with van der Waals surface area (Å²) in [5.41, 5.74) is 1.08. The summed E-state index contributed by atoms with van der Waals surface area (Å²) >= 11 is 2.24. The number of benzene rings is 1. The molecule has 1 atom stereocenters. The first kappa shape index (κ1) is 15.0. The molecule has 0 aliphatic rings. The van der Waals surface area contributed by atoms with Crippen molar-refractivity contribution in [2.75, 3.05) is 5.75 Å². The number of hydrogen-bond donors (Lipinski definition) is 0. The van der Waals surface area contributed by atoms with Gasteiger partial charge in [-0.15, -0.1) is 0 Å². The summed E-state index contributed by atoms with van der Waals surface area (Å²) in [7, 11) is -3.11. The number of alkyl halides is 1. The van der Waals surface area contributed by atoms with Crippen molar-refractivity contribution in [2.45, 2.75) is 41.9 Å². The predicted molar refractivity (Wildman–Crippen MR) is 80.6 cm³/mol. The van der Waals surface area contributed by atoms with Gasteiger partial charge in [-0.05, 0) is 25.5 Å². The Kier molecular flexibility index (Phi) is 5.92. The van der Waals surface area contributed by atoms with Crippen molar-refractivity contribution in [3.8, 4) is 0 Å². The van der Waals surface area contributed by atoms with E-state index in [0.717, 1.165) is 24.8 Å². The van der Waals surface area contributed by atoms with Gasteiger partial charge in [-0.1, -0.05) is 60.1 Å². The van der Waals surface area contributed by atoms with Crippen LogP contribution in [0.5, 0.6) is 0 Å². The monoisotopic (exact) mass is 366 g/mol. The zero-order chi connectivity index (χ0) is 12.9. The van der Waals surface area contributed by atoms with Crippen molar-refractivity contribution in [2.24, 2.45) is 0 Å². The fraction of sp³-hybridized carbons (Fsp3) is 0.538. The van der Waals surface area contributed by atoms with E-state index < -0.39 is 9.84 Å². The maximum atomic E-state index is 12.1. The minimum Gasteiger partial charge on any atom is -0.224 e.